The number of aryl methyl sites for hydroxylation is 2. The highest BCUT2D eigenvalue weighted by atomic mass is 35.5. The van der Waals surface area contributed by atoms with Crippen LogP contribution in [0.2, 0.25) is 15.2 Å². The minimum atomic E-state index is -0.0228. The second kappa shape index (κ2) is 23.8. The van der Waals surface area contributed by atoms with E-state index in [2.05, 4.69) is 67.2 Å². The molecular weight excluding hydrogens is 867 g/mol. The van der Waals surface area contributed by atoms with Gasteiger partial charge in [0.05, 0.1) is 10.0 Å². The van der Waals surface area contributed by atoms with Crippen LogP contribution in [0.4, 0.5) is 17.5 Å². The Hall–Kier alpha value is -4.95. The number of nitrogens with two attached hydrogens (primary N) is 2. The smallest absolute Gasteiger partial charge is 0.164 e. The molecule has 2 aliphatic rings. The molecule has 340 valence electrons. The summed E-state index contributed by atoms with van der Waals surface area (Å²) in [6.07, 6.45) is 13.3. The second-order valence-corrected chi connectivity index (χ2v) is 17.6. The molecule has 2 fully saturated rings. The summed E-state index contributed by atoms with van der Waals surface area (Å²) in [6.45, 7) is 4.65. The Morgan fingerprint density at radius 3 is 1.62 bits per heavy atom. The molecule has 4 aromatic heterocycles. The van der Waals surface area contributed by atoms with Crippen LogP contribution in [0, 0.1) is 0 Å². The van der Waals surface area contributed by atoms with Gasteiger partial charge in [0.25, 0.3) is 0 Å². The molecule has 2 saturated heterocycles. The number of benzene rings is 2. The molecular formula is C49H61Cl3N10O2. The quantitative estimate of drug-likeness (QED) is 0.0836. The minimum absolute atomic E-state index is 0. The molecule has 0 amide bonds. The van der Waals surface area contributed by atoms with Crippen molar-refractivity contribution >= 4 is 85.4 Å². The average molecular weight is 928 g/mol. The molecule has 0 saturated carbocycles. The van der Waals surface area contributed by atoms with E-state index in [4.69, 9.17) is 46.3 Å². The first-order chi connectivity index (χ1) is 30.3. The van der Waals surface area contributed by atoms with E-state index in [9.17, 15) is 9.59 Å². The fourth-order valence-corrected chi connectivity index (χ4v) is 8.46. The summed E-state index contributed by atoms with van der Waals surface area (Å²) in [4.78, 5) is 48.5. The number of aromatic nitrogens is 4. The van der Waals surface area contributed by atoms with Crippen LogP contribution < -0.4 is 21.7 Å². The first kappa shape index (κ1) is 50.1. The Morgan fingerprint density at radius 2 is 1.16 bits per heavy atom. The predicted octanol–water partition coefficient (Wildman–Crippen LogP) is 9.48. The fourth-order valence-electron chi connectivity index (χ4n) is 7.89. The number of hydrogen-bond acceptors (Lipinski definition) is 12. The number of pyridine rings is 4. The van der Waals surface area contributed by atoms with Gasteiger partial charge in [0.15, 0.2) is 11.6 Å². The number of nitrogens with zero attached hydrogens (tertiary/aromatic N) is 7. The lowest BCUT2D eigenvalue weighted by Gasteiger charge is -2.36. The number of ketones is 2. The van der Waals surface area contributed by atoms with Gasteiger partial charge in [-0.2, -0.15) is 0 Å². The van der Waals surface area contributed by atoms with Gasteiger partial charge in [0.2, 0.25) is 0 Å². The molecule has 12 nitrogen and oxygen atoms in total. The summed E-state index contributed by atoms with van der Waals surface area (Å²) in [5.41, 5.74) is 14.9. The van der Waals surface area contributed by atoms with Crippen molar-refractivity contribution in [2.45, 2.75) is 70.9 Å². The Balaban J connectivity index is 0.000000204. The summed E-state index contributed by atoms with van der Waals surface area (Å²) in [5, 5.41) is 8.19. The SMILES string of the molecule is C.CN1CCC(N(C)c2ncc(C(=O)CCc3ccc4c(N)nccc4c3)cc2Cl)CC1.CNC1CCN(C)CC1.Nc1nccc2cc(CCC(=O)c3cnc(Cl)c(Cl)c3)ccc12. The summed E-state index contributed by atoms with van der Waals surface area (Å²) >= 11 is 18.2. The Morgan fingerprint density at radius 1 is 0.688 bits per heavy atom. The molecule has 0 radical (unpaired) electrons. The van der Waals surface area contributed by atoms with Crippen LogP contribution in [-0.2, 0) is 12.8 Å². The van der Waals surface area contributed by atoms with Crippen molar-refractivity contribution in [1.29, 1.82) is 0 Å². The molecule has 64 heavy (non-hydrogen) atoms. The number of halogens is 3. The van der Waals surface area contributed by atoms with Crippen LogP contribution in [0.5, 0.6) is 0 Å². The minimum Gasteiger partial charge on any atom is -0.383 e. The lowest BCUT2D eigenvalue weighted by atomic mass is 10.0. The molecule has 0 spiro atoms. The van der Waals surface area contributed by atoms with E-state index in [1.807, 2.05) is 49.5 Å². The maximum Gasteiger partial charge on any atom is 0.164 e. The third-order valence-electron chi connectivity index (χ3n) is 12.0. The number of carbonyl (C=O) groups excluding carboxylic acids is 2. The molecule has 15 heteroatoms. The zero-order chi connectivity index (χ0) is 45.0. The Kier molecular flexibility index (Phi) is 18.6. The van der Waals surface area contributed by atoms with Crippen LogP contribution in [-0.4, -0.2) is 108 Å². The van der Waals surface area contributed by atoms with Crippen molar-refractivity contribution in [2.24, 2.45) is 0 Å². The van der Waals surface area contributed by atoms with E-state index < -0.39 is 0 Å². The van der Waals surface area contributed by atoms with Gasteiger partial charge in [-0.05, 0) is 132 Å². The number of piperidine rings is 2. The van der Waals surface area contributed by atoms with Crippen LogP contribution in [0.25, 0.3) is 21.5 Å². The number of Topliss-reactive ketones (excluding diaryl/α,β-unsaturated/α-hetero) is 2. The number of nitrogens with one attached hydrogen (secondary N) is 1. The van der Waals surface area contributed by atoms with Gasteiger partial charge in [-0.25, -0.2) is 19.9 Å². The van der Waals surface area contributed by atoms with E-state index in [1.165, 1.54) is 32.1 Å². The average Bonchev–Trinajstić information content (AvgIpc) is 3.29. The molecule has 0 aliphatic carbocycles. The molecule has 2 aromatic carbocycles. The van der Waals surface area contributed by atoms with Gasteiger partial charge in [-0.1, -0.05) is 78.6 Å². The summed E-state index contributed by atoms with van der Waals surface area (Å²) < 4.78 is 0. The highest BCUT2D eigenvalue weighted by Gasteiger charge is 2.24. The first-order valence-corrected chi connectivity index (χ1v) is 22.5. The van der Waals surface area contributed by atoms with Gasteiger partial charge < -0.3 is 31.5 Å². The Bertz CT molecular complexity index is 2510. The number of carbonyl (C=O) groups is 2. The summed E-state index contributed by atoms with van der Waals surface area (Å²) in [7, 11) is 8.42. The number of fused-ring (bicyclic) bond motifs is 2. The van der Waals surface area contributed by atoms with Crippen LogP contribution in [0.3, 0.4) is 0 Å². The van der Waals surface area contributed by atoms with Gasteiger partial charge in [-0.3, -0.25) is 9.59 Å². The maximum absolute atomic E-state index is 12.8. The normalized spacial score (nSPS) is 14.8. The van der Waals surface area contributed by atoms with Gasteiger partial charge in [0, 0.05) is 78.7 Å². The zero-order valence-corrected chi connectivity index (χ0v) is 38.7. The van der Waals surface area contributed by atoms with Crippen LogP contribution in [0.15, 0.2) is 85.5 Å². The van der Waals surface area contributed by atoms with E-state index >= 15 is 0 Å². The van der Waals surface area contributed by atoms with Crippen molar-refractivity contribution in [3.05, 3.63) is 123 Å². The first-order valence-electron chi connectivity index (χ1n) is 21.4. The lowest BCUT2D eigenvalue weighted by Crippen LogP contribution is -2.42. The maximum atomic E-state index is 12.8. The van der Waals surface area contributed by atoms with Crippen molar-refractivity contribution in [3.63, 3.8) is 0 Å². The van der Waals surface area contributed by atoms with Crippen molar-refractivity contribution < 1.29 is 9.59 Å². The molecule has 2 aliphatic heterocycles. The van der Waals surface area contributed by atoms with Crippen molar-refractivity contribution in [1.82, 2.24) is 35.1 Å². The highest BCUT2D eigenvalue weighted by Crippen LogP contribution is 2.29. The Labute approximate surface area is 392 Å². The standard InChI is InChI=1S/C24H28ClN5O.C17H13Cl2N3O.C7H16N2.CH4/c1-29-11-8-19(9-12-29)30(2)24-21(25)14-18(15-28-24)22(31)6-4-16-3-5-20-17(13-16)7-10-27-23(20)26;18-14-8-12(9-22-16(14)19)15(23)4-2-10-1-3-13-11(7-10)5-6-21-17(13)20;1-8-7-3-5-9(2)6-4-7;/h3,5,7,10,13-15,19H,4,6,8-9,11-12H2,1-2H3,(H2,26,27);1,3,5-9H,2,4H2,(H2,20,21);7-8H,3-6H2,1-2H3;1H4. The number of likely N-dealkylation sites (tertiary alicyclic amines) is 2. The topological polar surface area (TPSA) is 159 Å². The lowest BCUT2D eigenvalue weighted by molar-refractivity contribution is 0.0974. The third-order valence-corrected chi connectivity index (χ3v) is 12.9. The van der Waals surface area contributed by atoms with E-state index in [-0.39, 0.29) is 29.2 Å². The van der Waals surface area contributed by atoms with E-state index in [0.717, 1.165) is 70.5 Å². The van der Waals surface area contributed by atoms with Crippen LogP contribution in [0.1, 0.15) is 77.8 Å². The van der Waals surface area contributed by atoms with E-state index in [1.54, 1.807) is 30.7 Å². The summed E-state index contributed by atoms with van der Waals surface area (Å²) in [6, 6.07) is 20.3. The van der Waals surface area contributed by atoms with Gasteiger partial charge in [0.1, 0.15) is 22.6 Å². The number of nitrogen functional groups attached to an aromatic ring is 2. The molecule has 0 atom stereocenters. The largest absolute Gasteiger partial charge is 0.383 e. The predicted molar refractivity (Wildman–Crippen MR) is 266 cm³/mol. The summed E-state index contributed by atoms with van der Waals surface area (Å²) in [5.74, 6) is 1.79. The molecule has 0 unspecified atom stereocenters. The molecule has 6 aromatic rings. The monoisotopic (exact) mass is 926 g/mol. The van der Waals surface area contributed by atoms with Gasteiger partial charge >= 0.3 is 0 Å². The zero-order valence-electron chi connectivity index (χ0n) is 36.5. The van der Waals surface area contributed by atoms with E-state index in [0.29, 0.717) is 59.5 Å². The molecule has 5 N–H and O–H groups in total. The van der Waals surface area contributed by atoms with Gasteiger partial charge in [-0.15, -0.1) is 0 Å². The number of rotatable bonds is 11. The highest BCUT2D eigenvalue weighted by molar-refractivity contribution is 6.41. The third kappa shape index (κ3) is 13.5. The molecule has 8 rings (SSSR count). The van der Waals surface area contributed by atoms with Crippen molar-refractivity contribution in [3.8, 4) is 0 Å². The molecule has 0 bridgehead atoms. The fraction of sp³-hybridized carbons (Fsp3) is 0.388. The van der Waals surface area contributed by atoms with Crippen LogP contribution >= 0.6 is 34.8 Å². The number of hydrogen-bond donors (Lipinski definition) is 3. The molecule has 6 heterocycles. The second-order valence-electron chi connectivity index (χ2n) is 16.4. The number of anilines is 3. The van der Waals surface area contributed by atoms with Crippen molar-refractivity contribution in [2.75, 3.05) is 70.7 Å².